The first-order valence-corrected chi connectivity index (χ1v) is 7.52. The number of thioether (sulfide) groups is 1. The molecule has 1 aliphatic heterocycles. The molecule has 5 heteroatoms. The Hall–Kier alpha value is -0.970. The molecule has 0 aromatic carbocycles. The number of hydrogen-bond donors (Lipinski definition) is 1. The van der Waals surface area contributed by atoms with Crippen LogP contribution >= 0.6 is 11.8 Å². The van der Waals surface area contributed by atoms with Gasteiger partial charge in [0.2, 0.25) is 0 Å². The van der Waals surface area contributed by atoms with Crippen molar-refractivity contribution in [1.29, 1.82) is 0 Å². The monoisotopic (exact) mass is 266 g/mol. The first-order chi connectivity index (χ1) is 8.65. The van der Waals surface area contributed by atoms with Crippen molar-refractivity contribution >= 4 is 23.4 Å². The summed E-state index contributed by atoms with van der Waals surface area (Å²) in [5.41, 5.74) is 1.23. The van der Waals surface area contributed by atoms with Crippen LogP contribution in [0.1, 0.15) is 26.3 Å². The molecule has 1 saturated heterocycles. The summed E-state index contributed by atoms with van der Waals surface area (Å²) in [6.07, 6.45) is 2.62. The van der Waals surface area contributed by atoms with Crippen LogP contribution in [-0.2, 0) is 6.42 Å². The average Bonchev–Trinajstić information content (AvgIpc) is 2.36. The second-order valence-electron chi connectivity index (χ2n) is 4.79. The van der Waals surface area contributed by atoms with E-state index in [0.29, 0.717) is 10.5 Å². The van der Waals surface area contributed by atoms with E-state index in [2.05, 4.69) is 52.7 Å². The summed E-state index contributed by atoms with van der Waals surface area (Å²) >= 11 is 2.06. The molecule has 2 atom stereocenters. The Morgan fingerprint density at radius 2 is 2.00 bits per heavy atom. The molecule has 0 spiro atoms. The summed E-state index contributed by atoms with van der Waals surface area (Å²) in [7, 11) is 1.92. The Labute approximate surface area is 114 Å². The maximum Gasteiger partial charge on any atom is 0.137 e. The van der Waals surface area contributed by atoms with Crippen molar-refractivity contribution in [3.05, 3.63) is 11.9 Å². The molecular weight excluding hydrogens is 244 g/mol. The van der Waals surface area contributed by atoms with Crippen LogP contribution in [-0.4, -0.2) is 40.6 Å². The lowest BCUT2D eigenvalue weighted by molar-refractivity contribution is 0.712. The summed E-state index contributed by atoms with van der Waals surface area (Å²) in [6, 6.07) is 0. The number of nitrogens with zero attached hydrogens (tertiary/aromatic N) is 3. The van der Waals surface area contributed by atoms with E-state index >= 15 is 0 Å². The quantitative estimate of drug-likeness (QED) is 0.910. The van der Waals surface area contributed by atoms with Crippen molar-refractivity contribution < 1.29 is 0 Å². The zero-order chi connectivity index (χ0) is 13.1. The van der Waals surface area contributed by atoms with Gasteiger partial charge in [-0.25, -0.2) is 9.97 Å². The van der Waals surface area contributed by atoms with Crippen molar-refractivity contribution in [2.24, 2.45) is 0 Å². The minimum atomic E-state index is 0.659. The van der Waals surface area contributed by atoms with Crippen molar-refractivity contribution in [3.63, 3.8) is 0 Å². The Balaban J connectivity index is 2.32. The molecule has 0 bridgehead atoms. The molecule has 1 aliphatic rings. The predicted octanol–water partition coefficient (Wildman–Crippen LogP) is 2.41. The molecule has 0 radical (unpaired) electrons. The summed E-state index contributed by atoms with van der Waals surface area (Å²) in [6.45, 7) is 8.89. The number of aromatic nitrogens is 2. The predicted molar refractivity (Wildman–Crippen MR) is 79.7 cm³/mol. The SMILES string of the molecule is CCc1c(NC)ncnc1N1CC(C)SC(C)C1. The van der Waals surface area contributed by atoms with Gasteiger partial charge in [-0.2, -0.15) is 11.8 Å². The summed E-state index contributed by atoms with van der Waals surface area (Å²) in [5, 5.41) is 4.48. The minimum Gasteiger partial charge on any atom is -0.373 e. The molecule has 0 amide bonds. The van der Waals surface area contributed by atoms with Gasteiger partial charge in [0.15, 0.2) is 0 Å². The minimum absolute atomic E-state index is 0.659. The Kier molecular flexibility index (Phi) is 4.32. The summed E-state index contributed by atoms with van der Waals surface area (Å²) in [5.74, 6) is 2.07. The van der Waals surface area contributed by atoms with E-state index in [1.54, 1.807) is 6.33 Å². The molecule has 2 unspecified atom stereocenters. The normalized spacial score (nSPS) is 24.1. The van der Waals surface area contributed by atoms with Crippen molar-refractivity contribution in [2.75, 3.05) is 30.4 Å². The van der Waals surface area contributed by atoms with E-state index in [1.807, 2.05) is 7.05 Å². The van der Waals surface area contributed by atoms with Crippen LogP contribution < -0.4 is 10.2 Å². The molecule has 100 valence electrons. The van der Waals surface area contributed by atoms with Crippen LogP contribution in [0.2, 0.25) is 0 Å². The molecule has 1 aromatic heterocycles. The van der Waals surface area contributed by atoms with E-state index in [4.69, 9.17) is 0 Å². The lowest BCUT2D eigenvalue weighted by atomic mass is 10.2. The van der Waals surface area contributed by atoms with Crippen LogP contribution in [0.3, 0.4) is 0 Å². The molecule has 1 fully saturated rings. The fourth-order valence-electron chi connectivity index (χ4n) is 2.57. The Morgan fingerprint density at radius 3 is 2.56 bits per heavy atom. The first-order valence-electron chi connectivity index (χ1n) is 6.57. The Bertz CT molecular complexity index is 400. The zero-order valence-electron chi connectivity index (χ0n) is 11.6. The fourth-order valence-corrected chi connectivity index (χ4v) is 3.89. The Morgan fingerprint density at radius 1 is 1.33 bits per heavy atom. The third kappa shape index (κ3) is 2.71. The van der Waals surface area contributed by atoms with Crippen LogP contribution in [0.15, 0.2) is 6.33 Å². The number of hydrogen-bond acceptors (Lipinski definition) is 5. The van der Waals surface area contributed by atoms with Gasteiger partial charge in [-0.1, -0.05) is 20.8 Å². The third-order valence-corrected chi connectivity index (χ3v) is 4.46. The summed E-state index contributed by atoms with van der Waals surface area (Å²) < 4.78 is 0. The molecule has 2 heterocycles. The van der Waals surface area contributed by atoms with Crippen LogP contribution in [0, 0.1) is 0 Å². The van der Waals surface area contributed by atoms with Gasteiger partial charge < -0.3 is 10.2 Å². The van der Waals surface area contributed by atoms with Crippen LogP contribution in [0.4, 0.5) is 11.6 Å². The average molecular weight is 266 g/mol. The van der Waals surface area contributed by atoms with Gasteiger partial charge >= 0.3 is 0 Å². The number of anilines is 2. The second-order valence-corrected chi connectivity index (χ2v) is 6.67. The number of nitrogens with one attached hydrogen (secondary N) is 1. The van der Waals surface area contributed by atoms with Gasteiger partial charge in [-0.3, -0.25) is 0 Å². The van der Waals surface area contributed by atoms with Crippen molar-refractivity contribution in [2.45, 2.75) is 37.7 Å². The van der Waals surface area contributed by atoms with Crippen molar-refractivity contribution in [3.8, 4) is 0 Å². The highest BCUT2D eigenvalue weighted by atomic mass is 32.2. The van der Waals surface area contributed by atoms with E-state index in [-0.39, 0.29) is 0 Å². The largest absolute Gasteiger partial charge is 0.373 e. The maximum atomic E-state index is 4.52. The fraction of sp³-hybridized carbons (Fsp3) is 0.692. The standard InChI is InChI=1S/C13H22N4S/c1-5-11-12(14-4)15-8-16-13(11)17-6-9(2)18-10(3)7-17/h8-10H,5-7H2,1-4H3,(H,14,15,16). The molecule has 1 aromatic rings. The van der Waals surface area contributed by atoms with Crippen molar-refractivity contribution in [1.82, 2.24) is 9.97 Å². The van der Waals surface area contributed by atoms with Crippen LogP contribution in [0.5, 0.6) is 0 Å². The van der Waals surface area contributed by atoms with Gasteiger partial charge in [-0.05, 0) is 6.42 Å². The molecular formula is C13H22N4S. The van der Waals surface area contributed by atoms with Gasteiger partial charge in [0.25, 0.3) is 0 Å². The van der Waals surface area contributed by atoms with Gasteiger partial charge in [0, 0.05) is 36.2 Å². The van der Waals surface area contributed by atoms with E-state index < -0.39 is 0 Å². The zero-order valence-corrected chi connectivity index (χ0v) is 12.4. The molecule has 0 aliphatic carbocycles. The molecule has 2 rings (SSSR count). The smallest absolute Gasteiger partial charge is 0.137 e. The summed E-state index contributed by atoms with van der Waals surface area (Å²) in [4.78, 5) is 11.2. The lowest BCUT2D eigenvalue weighted by Crippen LogP contribution is -2.41. The highest BCUT2D eigenvalue weighted by Crippen LogP contribution is 2.31. The van der Waals surface area contributed by atoms with E-state index in [9.17, 15) is 0 Å². The maximum absolute atomic E-state index is 4.52. The van der Waals surface area contributed by atoms with Gasteiger partial charge in [-0.15, -0.1) is 0 Å². The second kappa shape index (κ2) is 5.78. The molecule has 1 N–H and O–H groups in total. The van der Waals surface area contributed by atoms with Gasteiger partial charge in [0.05, 0.1) is 0 Å². The first kappa shape index (κ1) is 13.5. The van der Waals surface area contributed by atoms with Gasteiger partial charge in [0.1, 0.15) is 18.0 Å². The lowest BCUT2D eigenvalue weighted by Gasteiger charge is -2.36. The number of rotatable bonds is 3. The highest BCUT2D eigenvalue weighted by molar-refractivity contribution is 8.00. The highest BCUT2D eigenvalue weighted by Gasteiger charge is 2.25. The van der Waals surface area contributed by atoms with E-state index in [0.717, 1.165) is 31.1 Å². The van der Waals surface area contributed by atoms with E-state index in [1.165, 1.54) is 5.56 Å². The molecule has 18 heavy (non-hydrogen) atoms. The molecule has 4 nitrogen and oxygen atoms in total. The third-order valence-electron chi connectivity index (χ3n) is 3.23. The van der Waals surface area contributed by atoms with Crippen LogP contribution in [0.25, 0.3) is 0 Å². The molecule has 0 saturated carbocycles. The topological polar surface area (TPSA) is 41.1 Å².